The van der Waals surface area contributed by atoms with Gasteiger partial charge in [-0.05, 0) is 0 Å². The molecule has 1 fully saturated rings. The van der Waals surface area contributed by atoms with Crippen LogP contribution in [0.2, 0.25) is 0 Å². The van der Waals surface area contributed by atoms with Gasteiger partial charge in [0.25, 0.3) is 0 Å². The summed E-state index contributed by atoms with van der Waals surface area (Å²) in [5.74, 6) is 0. The summed E-state index contributed by atoms with van der Waals surface area (Å²) in [6, 6.07) is 0. The zero-order valence-electron chi connectivity index (χ0n) is 4.52. The molecule has 0 radical (unpaired) electrons. The van der Waals surface area contributed by atoms with Gasteiger partial charge in [0, 0.05) is 0 Å². The van der Waals surface area contributed by atoms with E-state index in [2.05, 4.69) is 4.74 Å². The van der Waals surface area contributed by atoms with Gasteiger partial charge in [-0.15, -0.1) is 0 Å². The minimum absolute atomic E-state index is 0. The number of hydrogen-bond acceptors (Lipinski definition) is 2. The van der Waals surface area contributed by atoms with Gasteiger partial charge in [-0.1, -0.05) is 0 Å². The fourth-order valence-electron chi connectivity index (χ4n) is 0. The van der Waals surface area contributed by atoms with Gasteiger partial charge in [0.15, 0.2) is 0 Å². The molecule has 0 spiro atoms. The van der Waals surface area contributed by atoms with Gasteiger partial charge in [0.05, 0.1) is 13.2 Å². The van der Waals surface area contributed by atoms with Crippen molar-refractivity contribution < 1.29 is 29.5 Å². The van der Waals surface area contributed by atoms with Crippen molar-refractivity contribution in [3.05, 3.63) is 0 Å². The first-order valence-corrected chi connectivity index (χ1v) is 3.43. The summed E-state index contributed by atoms with van der Waals surface area (Å²) in [7, 11) is -4.64. The molecule has 6 nitrogen and oxygen atoms in total. The van der Waals surface area contributed by atoms with Crippen LogP contribution >= 0.6 is 7.82 Å². The fraction of sp³-hybridized carbons (Fsp3) is 1.00. The molecule has 0 atom stereocenters. The summed E-state index contributed by atoms with van der Waals surface area (Å²) in [5.41, 5.74) is 0. The van der Waals surface area contributed by atoms with Gasteiger partial charge >= 0.3 is 66.9 Å². The van der Waals surface area contributed by atoms with Gasteiger partial charge < -0.3 is 24.9 Å². The number of rotatable bonds is 0. The summed E-state index contributed by atoms with van der Waals surface area (Å²) < 4.78 is 13.4. The molecule has 1 aliphatic heterocycles. The number of ether oxygens (including phenoxy) is 1. The molecule has 0 aliphatic carbocycles. The zero-order chi connectivity index (χ0) is 6.62. The first-order chi connectivity index (χ1) is 3.50. The molecule has 0 aromatic heterocycles. The van der Waals surface area contributed by atoms with Gasteiger partial charge in [-0.25, -0.2) is 4.57 Å². The number of hydrogen-bond donors (Lipinski definition) is 3. The monoisotopic (exact) mass is 208 g/mol. The Morgan fingerprint density at radius 1 is 1.09 bits per heavy atom. The van der Waals surface area contributed by atoms with Crippen LogP contribution in [0.25, 0.3) is 0 Å². The van der Waals surface area contributed by atoms with Crippen LogP contribution in [0.1, 0.15) is 0 Å². The summed E-state index contributed by atoms with van der Waals surface area (Å²) in [6.07, 6.45) is 0. The third-order valence-electron chi connectivity index (χ3n) is 0.204. The summed E-state index contributed by atoms with van der Waals surface area (Å²) in [6.45, 7) is 2.00. The van der Waals surface area contributed by atoms with Crippen LogP contribution in [0, 0.1) is 0 Å². The molecule has 62 valence electrons. The minimum atomic E-state index is -4.64. The molecule has 1 aliphatic rings. The molecule has 1 heterocycles. The van der Waals surface area contributed by atoms with E-state index in [0.29, 0.717) is 0 Å². The van der Waals surface area contributed by atoms with Gasteiger partial charge in [0.1, 0.15) is 0 Å². The van der Waals surface area contributed by atoms with Crippen molar-refractivity contribution in [3.63, 3.8) is 0 Å². The molecule has 1 rings (SSSR count). The van der Waals surface area contributed by atoms with Gasteiger partial charge in [0.2, 0.25) is 0 Å². The molecule has 11 heavy (non-hydrogen) atoms. The van der Waals surface area contributed by atoms with Crippen LogP contribution < -0.4 is 0 Å². The standard InChI is InChI=1S/C2H4O.2Na.H3O4P.H2O.2H/c1-2-3-1;;;1-5(2,3)4;;;/h1-2H2;;;(H3,1,2,3,4);1H2;;. The molecule has 0 aromatic carbocycles. The van der Waals surface area contributed by atoms with E-state index in [1.807, 2.05) is 0 Å². The molecule has 0 bridgehead atoms. The van der Waals surface area contributed by atoms with E-state index in [0.717, 1.165) is 13.2 Å². The Hall–Kier alpha value is 2.03. The van der Waals surface area contributed by atoms with Crippen LogP contribution in [0.3, 0.4) is 0 Å². The quantitative estimate of drug-likeness (QED) is 0.222. The molecular weight excluding hydrogens is 197 g/mol. The maximum absolute atomic E-state index is 8.88. The van der Waals surface area contributed by atoms with E-state index in [4.69, 9.17) is 19.2 Å². The summed E-state index contributed by atoms with van der Waals surface area (Å²) in [4.78, 5) is 21.6. The van der Waals surface area contributed by atoms with Crippen LogP contribution in [-0.2, 0) is 9.30 Å². The Labute approximate surface area is 108 Å². The fourth-order valence-corrected chi connectivity index (χ4v) is 0. The number of epoxide rings is 1. The third kappa shape index (κ3) is 132. The van der Waals surface area contributed by atoms with E-state index >= 15 is 0 Å². The van der Waals surface area contributed by atoms with Crippen molar-refractivity contribution in [1.82, 2.24) is 0 Å². The second-order valence-corrected chi connectivity index (χ2v) is 2.15. The van der Waals surface area contributed by atoms with Crippen molar-refractivity contribution in [3.8, 4) is 0 Å². The predicted molar refractivity (Wildman–Crippen MR) is 43.0 cm³/mol. The van der Waals surface area contributed by atoms with E-state index in [1.54, 1.807) is 0 Å². The molecule has 5 N–H and O–H groups in total. The maximum atomic E-state index is 8.88. The average Bonchev–Trinajstić information content (AvgIpc) is 1.95. The topological polar surface area (TPSA) is 122 Å². The Balaban J connectivity index is -0.0000000365. The van der Waals surface area contributed by atoms with E-state index < -0.39 is 7.82 Å². The van der Waals surface area contributed by atoms with Gasteiger partial charge in [-0.3, -0.25) is 0 Å². The summed E-state index contributed by atoms with van der Waals surface area (Å²) >= 11 is 0. The predicted octanol–water partition coefficient (Wildman–Crippen LogP) is -3.03. The van der Waals surface area contributed by atoms with Crippen molar-refractivity contribution in [1.29, 1.82) is 0 Å². The first-order valence-electron chi connectivity index (χ1n) is 1.86. The van der Waals surface area contributed by atoms with Crippen molar-refractivity contribution in [2.45, 2.75) is 0 Å². The summed E-state index contributed by atoms with van der Waals surface area (Å²) in [5, 5.41) is 0. The molecule has 0 amide bonds. The van der Waals surface area contributed by atoms with E-state index in [1.165, 1.54) is 0 Å². The molecule has 1 saturated heterocycles. The van der Waals surface area contributed by atoms with Crippen LogP contribution in [0.4, 0.5) is 0 Å². The van der Waals surface area contributed by atoms with E-state index in [9.17, 15) is 0 Å². The second kappa shape index (κ2) is 12.0. The first kappa shape index (κ1) is 23.1. The van der Waals surface area contributed by atoms with Crippen molar-refractivity contribution in [2.24, 2.45) is 0 Å². The van der Waals surface area contributed by atoms with E-state index in [-0.39, 0.29) is 64.6 Å². The molecule has 0 unspecified atom stereocenters. The Kier molecular flexibility index (Phi) is 25.3. The Morgan fingerprint density at radius 2 is 1.18 bits per heavy atom. The third-order valence-corrected chi connectivity index (χ3v) is 0.204. The van der Waals surface area contributed by atoms with Crippen LogP contribution in [-0.4, -0.2) is 92.5 Å². The molecule has 0 saturated carbocycles. The Morgan fingerprint density at radius 3 is 1.18 bits per heavy atom. The normalized spacial score (nSPS) is 11.9. The van der Waals surface area contributed by atoms with Crippen LogP contribution in [0.15, 0.2) is 0 Å². The molecular formula is C2H11Na2O6P. The van der Waals surface area contributed by atoms with Crippen LogP contribution in [0.5, 0.6) is 0 Å². The number of phosphoric acid groups is 1. The molecule has 9 heteroatoms. The average molecular weight is 208 g/mol. The SMILES string of the molecule is C1CO1.O.O=P(O)(O)O.[NaH].[NaH]. The second-order valence-electron chi connectivity index (χ2n) is 1.13. The molecule has 0 aromatic rings. The van der Waals surface area contributed by atoms with Crippen molar-refractivity contribution >= 4 is 66.9 Å². The van der Waals surface area contributed by atoms with Crippen molar-refractivity contribution in [2.75, 3.05) is 13.2 Å². The Bertz CT molecular complexity index is 89.7. The van der Waals surface area contributed by atoms with Gasteiger partial charge in [-0.2, -0.15) is 0 Å². The zero-order valence-corrected chi connectivity index (χ0v) is 5.41.